The van der Waals surface area contributed by atoms with Crippen LogP contribution in [-0.4, -0.2) is 22.2 Å². The van der Waals surface area contributed by atoms with Crippen molar-refractivity contribution in [1.82, 2.24) is 4.98 Å². The lowest BCUT2D eigenvalue weighted by Gasteiger charge is -2.35. The van der Waals surface area contributed by atoms with Gasteiger partial charge >= 0.3 is 0 Å². The maximum atomic E-state index is 10.5. The Morgan fingerprint density at radius 3 is 3.06 bits per heavy atom. The summed E-state index contributed by atoms with van der Waals surface area (Å²) in [4.78, 5) is 4.27. The van der Waals surface area contributed by atoms with E-state index in [4.69, 9.17) is 5.73 Å². The van der Waals surface area contributed by atoms with Gasteiger partial charge in [0.15, 0.2) is 0 Å². The highest BCUT2D eigenvalue weighted by atomic mass is 16.3. The van der Waals surface area contributed by atoms with E-state index in [1.165, 1.54) is 6.42 Å². The van der Waals surface area contributed by atoms with Gasteiger partial charge in [-0.05, 0) is 31.2 Å². The standard InChI is InChI=1S/C14H23N3O/c1-10-4-3-5-14(18,7-10)9-17-13-6-12(15)11(2)8-16-13/h6,8,10,18H,3-5,7,9H2,1-2H3,(H3,15,16,17). The number of pyridine rings is 1. The zero-order valence-electron chi connectivity index (χ0n) is 11.2. The molecule has 1 aromatic rings. The van der Waals surface area contributed by atoms with Crippen LogP contribution in [-0.2, 0) is 0 Å². The largest absolute Gasteiger partial charge is 0.398 e. The quantitative estimate of drug-likeness (QED) is 0.769. The van der Waals surface area contributed by atoms with Gasteiger partial charge < -0.3 is 16.2 Å². The Kier molecular flexibility index (Phi) is 3.76. The maximum absolute atomic E-state index is 10.5. The summed E-state index contributed by atoms with van der Waals surface area (Å²) in [6.45, 7) is 4.68. The second kappa shape index (κ2) is 5.14. The second-order valence-electron chi connectivity index (χ2n) is 5.71. The van der Waals surface area contributed by atoms with Gasteiger partial charge in [0.05, 0.1) is 5.60 Å². The fourth-order valence-corrected chi connectivity index (χ4v) is 2.68. The van der Waals surface area contributed by atoms with Gasteiger partial charge in [-0.25, -0.2) is 4.98 Å². The zero-order valence-corrected chi connectivity index (χ0v) is 11.2. The summed E-state index contributed by atoms with van der Waals surface area (Å²) in [6.07, 6.45) is 5.80. The molecule has 0 bridgehead atoms. The molecule has 4 heteroatoms. The summed E-state index contributed by atoms with van der Waals surface area (Å²) in [7, 11) is 0. The Bertz CT molecular complexity index is 422. The molecule has 1 aliphatic rings. The van der Waals surface area contributed by atoms with E-state index >= 15 is 0 Å². The third kappa shape index (κ3) is 3.13. The van der Waals surface area contributed by atoms with Crippen LogP contribution in [0.1, 0.15) is 38.2 Å². The summed E-state index contributed by atoms with van der Waals surface area (Å²) >= 11 is 0. The fourth-order valence-electron chi connectivity index (χ4n) is 2.68. The molecule has 4 nitrogen and oxygen atoms in total. The molecular formula is C14H23N3O. The number of rotatable bonds is 3. The number of aromatic nitrogens is 1. The van der Waals surface area contributed by atoms with Gasteiger partial charge in [-0.1, -0.05) is 19.8 Å². The van der Waals surface area contributed by atoms with Gasteiger partial charge in [-0.3, -0.25) is 0 Å². The van der Waals surface area contributed by atoms with E-state index in [1.807, 2.05) is 13.0 Å². The van der Waals surface area contributed by atoms with Crippen LogP contribution in [0.25, 0.3) is 0 Å². The highest BCUT2D eigenvalue weighted by Crippen LogP contribution is 2.32. The number of anilines is 2. The van der Waals surface area contributed by atoms with Gasteiger partial charge in [0, 0.05) is 24.5 Å². The minimum absolute atomic E-state index is 0.548. The highest BCUT2D eigenvalue weighted by Gasteiger charge is 2.32. The minimum atomic E-state index is -0.598. The third-order valence-electron chi connectivity index (χ3n) is 3.81. The van der Waals surface area contributed by atoms with E-state index in [-0.39, 0.29) is 0 Å². The summed E-state index contributed by atoms with van der Waals surface area (Å²) in [5.41, 5.74) is 6.95. The average molecular weight is 249 g/mol. The zero-order chi connectivity index (χ0) is 13.2. The number of nitrogen functional groups attached to an aromatic ring is 1. The van der Waals surface area contributed by atoms with Crippen molar-refractivity contribution in [3.63, 3.8) is 0 Å². The van der Waals surface area contributed by atoms with E-state index in [1.54, 1.807) is 6.20 Å². The van der Waals surface area contributed by atoms with E-state index in [9.17, 15) is 5.11 Å². The van der Waals surface area contributed by atoms with Gasteiger partial charge in [-0.15, -0.1) is 0 Å². The molecule has 1 fully saturated rings. The molecule has 1 aliphatic carbocycles. The van der Waals surface area contributed by atoms with Crippen molar-refractivity contribution in [2.45, 2.75) is 45.1 Å². The lowest BCUT2D eigenvalue weighted by Crippen LogP contribution is -2.41. The molecule has 4 N–H and O–H groups in total. The van der Waals surface area contributed by atoms with Crippen LogP contribution in [0.5, 0.6) is 0 Å². The second-order valence-corrected chi connectivity index (χ2v) is 5.71. The van der Waals surface area contributed by atoms with Crippen LogP contribution in [0.15, 0.2) is 12.3 Å². The van der Waals surface area contributed by atoms with Gasteiger partial charge in [-0.2, -0.15) is 0 Å². The van der Waals surface area contributed by atoms with Crippen molar-refractivity contribution in [2.24, 2.45) is 5.92 Å². The lowest BCUT2D eigenvalue weighted by atomic mass is 9.79. The van der Waals surface area contributed by atoms with Gasteiger partial charge in [0.1, 0.15) is 5.82 Å². The van der Waals surface area contributed by atoms with Crippen molar-refractivity contribution in [3.05, 3.63) is 17.8 Å². The molecule has 1 saturated carbocycles. The smallest absolute Gasteiger partial charge is 0.128 e. The summed E-state index contributed by atoms with van der Waals surface area (Å²) in [5.74, 6) is 1.34. The fraction of sp³-hybridized carbons (Fsp3) is 0.643. The predicted octanol–water partition coefficient (Wildman–Crippen LogP) is 2.33. The van der Waals surface area contributed by atoms with Crippen molar-refractivity contribution >= 4 is 11.5 Å². The van der Waals surface area contributed by atoms with E-state index in [0.29, 0.717) is 12.5 Å². The highest BCUT2D eigenvalue weighted by molar-refractivity contribution is 5.53. The topological polar surface area (TPSA) is 71.2 Å². The van der Waals surface area contributed by atoms with E-state index in [2.05, 4.69) is 17.2 Å². The number of nitrogens with two attached hydrogens (primary N) is 1. The van der Waals surface area contributed by atoms with Crippen LogP contribution in [0.3, 0.4) is 0 Å². The first-order valence-electron chi connectivity index (χ1n) is 6.67. The molecule has 2 rings (SSSR count). The molecular weight excluding hydrogens is 226 g/mol. The molecule has 100 valence electrons. The monoisotopic (exact) mass is 249 g/mol. The lowest BCUT2D eigenvalue weighted by molar-refractivity contribution is -0.000825. The van der Waals surface area contributed by atoms with Crippen molar-refractivity contribution in [3.8, 4) is 0 Å². The molecule has 0 radical (unpaired) electrons. The molecule has 0 saturated heterocycles. The molecule has 1 heterocycles. The summed E-state index contributed by atoms with van der Waals surface area (Å²) < 4.78 is 0. The predicted molar refractivity (Wildman–Crippen MR) is 74.5 cm³/mol. The molecule has 18 heavy (non-hydrogen) atoms. The number of nitrogens with one attached hydrogen (secondary N) is 1. The molecule has 0 aromatic carbocycles. The SMILES string of the molecule is Cc1cnc(NCC2(O)CCCC(C)C2)cc1N. The minimum Gasteiger partial charge on any atom is -0.398 e. The Hall–Kier alpha value is -1.29. The first kappa shape index (κ1) is 13.1. The van der Waals surface area contributed by atoms with Crippen molar-refractivity contribution in [1.29, 1.82) is 0 Å². The van der Waals surface area contributed by atoms with Crippen LogP contribution in [0.4, 0.5) is 11.5 Å². The van der Waals surface area contributed by atoms with Crippen LogP contribution >= 0.6 is 0 Å². The Morgan fingerprint density at radius 2 is 2.39 bits per heavy atom. The molecule has 2 atom stereocenters. The normalized spacial score (nSPS) is 28.1. The Morgan fingerprint density at radius 1 is 1.61 bits per heavy atom. The number of hydrogen-bond acceptors (Lipinski definition) is 4. The third-order valence-corrected chi connectivity index (χ3v) is 3.81. The molecule has 0 spiro atoms. The molecule has 1 aromatic heterocycles. The van der Waals surface area contributed by atoms with Crippen LogP contribution < -0.4 is 11.1 Å². The van der Waals surface area contributed by atoms with Crippen LogP contribution in [0.2, 0.25) is 0 Å². The summed E-state index contributed by atoms with van der Waals surface area (Å²) in [5, 5.41) is 13.7. The number of aliphatic hydroxyl groups is 1. The Balaban J connectivity index is 1.96. The maximum Gasteiger partial charge on any atom is 0.128 e. The number of nitrogens with zero attached hydrogens (tertiary/aromatic N) is 1. The summed E-state index contributed by atoms with van der Waals surface area (Å²) in [6, 6.07) is 1.82. The van der Waals surface area contributed by atoms with Crippen LogP contribution in [0, 0.1) is 12.8 Å². The molecule has 2 unspecified atom stereocenters. The number of aryl methyl sites for hydroxylation is 1. The van der Waals surface area contributed by atoms with Crippen molar-refractivity contribution in [2.75, 3.05) is 17.6 Å². The van der Waals surface area contributed by atoms with E-state index in [0.717, 1.165) is 36.3 Å². The van der Waals surface area contributed by atoms with Crippen molar-refractivity contribution < 1.29 is 5.11 Å². The number of hydrogen-bond donors (Lipinski definition) is 3. The van der Waals surface area contributed by atoms with E-state index < -0.39 is 5.60 Å². The average Bonchev–Trinajstić information content (AvgIpc) is 2.31. The first-order chi connectivity index (χ1) is 8.48. The molecule has 0 aliphatic heterocycles. The Labute approximate surface area is 109 Å². The first-order valence-corrected chi connectivity index (χ1v) is 6.67. The molecule has 0 amide bonds. The van der Waals surface area contributed by atoms with Gasteiger partial charge in [0.2, 0.25) is 0 Å². The van der Waals surface area contributed by atoms with Gasteiger partial charge in [0.25, 0.3) is 0 Å².